The molecule has 1 saturated heterocycles. The van der Waals surface area contributed by atoms with Crippen molar-refractivity contribution in [1.29, 1.82) is 0 Å². The standard InChI is InChI=1S/C21H28BrN3O4/c1-5-27-10-18(26)25-17-9-23-16-8-14(22)6-7-15(16)19(17)24-11-21(4)12-28-20(2,3)29-13-21/h6-9H,5,10-13H2,1-4H3,(H,23,24)(H,25,26). The molecule has 8 heteroatoms. The molecule has 29 heavy (non-hydrogen) atoms. The van der Waals surface area contributed by atoms with Crippen molar-refractivity contribution in [3.63, 3.8) is 0 Å². The normalized spacial score (nSPS) is 17.8. The Morgan fingerprint density at radius 1 is 1.28 bits per heavy atom. The number of anilines is 2. The summed E-state index contributed by atoms with van der Waals surface area (Å²) in [5.41, 5.74) is 2.06. The number of carbonyl (C=O) groups is 1. The summed E-state index contributed by atoms with van der Waals surface area (Å²) in [6, 6.07) is 5.88. The summed E-state index contributed by atoms with van der Waals surface area (Å²) in [6.07, 6.45) is 1.67. The zero-order valence-corrected chi connectivity index (χ0v) is 18.9. The topological polar surface area (TPSA) is 81.7 Å². The van der Waals surface area contributed by atoms with E-state index in [0.29, 0.717) is 32.1 Å². The van der Waals surface area contributed by atoms with Crippen LogP contribution in [-0.2, 0) is 19.0 Å². The second-order valence-corrected chi connectivity index (χ2v) is 8.95. The van der Waals surface area contributed by atoms with Crippen molar-refractivity contribution in [3.05, 3.63) is 28.9 Å². The third kappa shape index (κ3) is 5.66. The Bertz CT molecular complexity index is 878. The van der Waals surface area contributed by atoms with Gasteiger partial charge in [0.05, 0.1) is 36.3 Å². The first-order chi connectivity index (χ1) is 13.7. The van der Waals surface area contributed by atoms with Crippen molar-refractivity contribution < 1.29 is 19.0 Å². The van der Waals surface area contributed by atoms with Gasteiger partial charge in [0.2, 0.25) is 5.91 Å². The first kappa shape index (κ1) is 22.0. The summed E-state index contributed by atoms with van der Waals surface area (Å²) in [5, 5.41) is 7.33. The highest BCUT2D eigenvalue weighted by atomic mass is 79.9. The van der Waals surface area contributed by atoms with Gasteiger partial charge in [0.1, 0.15) is 6.61 Å². The first-order valence-corrected chi connectivity index (χ1v) is 10.5. The van der Waals surface area contributed by atoms with E-state index in [1.54, 1.807) is 6.20 Å². The smallest absolute Gasteiger partial charge is 0.250 e. The number of fused-ring (bicyclic) bond motifs is 1. The van der Waals surface area contributed by atoms with Crippen LogP contribution in [0, 0.1) is 5.41 Å². The van der Waals surface area contributed by atoms with Crippen LogP contribution in [0.5, 0.6) is 0 Å². The summed E-state index contributed by atoms with van der Waals surface area (Å²) < 4.78 is 17.8. The SMILES string of the molecule is CCOCC(=O)Nc1cnc2cc(Br)ccc2c1NCC1(C)COC(C)(C)OC1. The van der Waals surface area contributed by atoms with Gasteiger partial charge in [0, 0.05) is 28.4 Å². The molecule has 1 aliphatic rings. The number of halogens is 1. The van der Waals surface area contributed by atoms with Crippen molar-refractivity contribution in [3.8, 4) is 0 Å². The van der Waals surface area contributed by atoms with E-state index in [9.17, 15) is 4.79 Å². The lowest BCUT2D eigenvalue weighted by Gasteiger charge is -2.41. The molecular weight excluding hydrogens is 438 g/mol. The van der Waals surface area contributed by atoms with Gasteiger partial charge < -0.3 is 24.8 Å². The second-order valence-electron chi connectivity index (χ2n) is 8.04. The summed E-state index contributed by atoms with van der Waals surface area (Å²) in [4.78, 5) is 16.7. The van der Waals surface area contributed by atoms with Crippen molar-refractivity contribution in [1.82, 2.24) is 4.98 Å². The average molecular weight is 466 g/mol. The van der Waals surface area contributed by atoms with E-state index in [4.69, 9.17) is 14.2 Å². The fourth-order valence-corrected chi connectivity index (χ4v) is 3.37. The molecule has 1 fully saturated rings. The van der Waals surface area contributed by atoms with Crippen LogP contribution in [0.25, 0.3) is 10.9 Å². The van der Waals surface area contributed by atoms with E-state index in [-0.39, 0.29) is 17.9 Å². The van der Waals surface area contributed by atoms with E-state index in [1.165, 1.54) is 0 Å². The van der Waals surface area contributed by atoms with Gasteiger partial charge in [-0.1, -0.05) is 22.9 Å². The number of amides is 1. The Labute approximate surface area is 179 Å². The molecule has 7 nitrogen and oxygen atoms in total. The van der Waals surface area contributed by atoms with Crippen molar-refractivity contribution in [2.75, 3.05) is 43.6 Å². The third-order valence-corrected chi connectivity index (χ3v) is 5.26. The van der Waals surface area contributed by atoms with Gasteiger partial charge in [0.15, 0.2) is 5.79 Å². The molecule has 0 atom stereocenters. The highest BCUT2D eigenvalue weighted by Gasteiger charge is 2.36. The van der Waals surface area contributed by atoms with Gasteiger partial charge in [-0.3, -0.25) is 9.78 Å². The van der Waals surface area contributed by atoms with Gasteiger partial charge in [-0.15, -0.1) is 0 Å². The van der Waals surface area contributed by atoms with Gasteiger partial charge >= 0.3 is 0 Å². The summed E-state index contributed by atoms with van der Waals surface area (Å²) >= 11 is 3.49. The molecule has 0 spiro atoms. The van der Waals surface area contributed by atoms with Crippen LogP contribution >= 0.6 is 15.9 Å². The Kier molecular flexibility index (Phi) is 6.78. The zero-order chi connectivity index (χ0) is 21.1. The van der Waals surface area contributed by atoms with Crippen LogP contribution in [0.3, 0.4) is 0 Å². The molecule has 1 aromatic carbocycles. The molecule has 0 saturated carbocycles. The first-order valence-electron chi connectivity index (χ1n) is 9.69. The van der Waals surface area contributed by atoms with Crippen LogP contribution in [0.1, 0.15) is 27.7 Å². The van der Waals surface area contributed by atoms with Crippen molar-refractivity contribution in [2.45, 2.75) is 33.5 Å². The Hall–Kier alpha value is -1.74. The van der Waals surface area contributed by atoms with Gasteiger partial charge in [-0.25, -0.2) is 0 Å². The van der Waals surface area contributed by atoms with Gasteiger partial charge in [-0.05, 0) is 39.0 Å². The number of ether oxygens (including phenoxy) is 3. The molecule has 0 radical (unpaired) electrons. The second kappa shape index (κ2) is 8.95. The average Bonchev–Trinajstić information content (AvgIpc) is 2.68. The van der Waals surface area contributed by atoms with Gasteiger partial charge in [0.25, 0.3) is 0 Å². The largest absolute Gasteiger partial charge is 0.382 e. The predicted molar refractivity (Wildman–Crippen MR) is 117 cm³/mol. The molecule has 1 aliphatic heterocycles. The number of rotatable bonds is 7. The molecule has 0 unspecified atom stereocenters. The maximum atomic E-state index is 12.2. The molecule has 0 aliphatic carbocycles. The van der Waals surface area contributed by atoms with Crippen LogP contribution in [0.4, 0.5) is 11.4 Å². The molecule has 3 rings (SSSR count). The lowest BCUT2D eigenvalue weighted by Crippen LogP contribution is -2.48. The number of benzene rings is 1. The molecule has 0 bridgehead atoms. The monoisotopic (exact) mass is 465 g/mol. The minimum atomic E-state index is -0.562. The number of carbonyl (C=O) groups excluding carboxylic acids is 1. The Morgan fingerprint density at radius 2 is 2.00 bits per heavy atom. The highest BCUT2D eigenvalue weighted by Crippen LogP contribution is 2.34. The maximum Gasteiger partial charge on any atom is 0.250 e. The van der Waals surface area contributed by atoms with E-state index >= 15 is 0 Å². The fourth-order valence-electron chi connectivity index (χ4n) is 3.02. The van der Waals surface area contributed by atoms with E-state index in [2.05, 4.69) is 38.5 Å². The van der Waals surface area contributed by atoms with E-state index < -0.39 is 5.79 Å². The fraction of sp³-hybridized carbons (Fsp3) is 0.524. The Morgan fingerprint density at radius 3 is 2.69 bits per heavy atom. The van der Waals surface area contributed by atoms with E-state index in [0.717, 1.165) is 21.1 Å². The number of nitrogens with one attached hydrogen (secondary N) is 2. The highest BCUT2D eigenvalue weighted by molar-refractivity contribution is 9.10. The molecule has 158 valence electrons. The lowest BCUT2D eigenvalue weighted by molar-refractivity contribution is -0.279. The Balaban J connectivity index is 1.85. The minimum absolute atomic E-state index is 0.00277. The predicted octanol–water partition coefficient (Wildman–Crippen LogP) is 4.17. The summed E-state index contributed by atoms with van der Waals surface area (Å²) in [7, 11) is 0. The van der Waals surface area contributed by atoms with E-state index in [1.807, 2.05) is 39.0 Å². The molecular formula is C21H28BrN3O4. The molecule has 1 aromatic heterocycles. The zero-order valence-electron chi connectivity index (χ0n) is 17.3. The third-order valence-electron chi connectivity index (χ3n) is 4.77. The van der Waals surface area contributed by atoms with Crippen LogP contribution < -0.4 is 10.6 Å². The van der Waals surface area contributed by atoms with Crippen LogP contribution in [-0.4, -0.2) is 49.7 Å². The van der Waals surface area contributed by atoms with Crippen LogP contribution in [0.2, 0.25) is 0 Å². The number of pyridine rings is 1. The number of hydrogen-bond donors (Lipinski definition) is 2. The van der Waals surface area contributed by atoms with Crippen molar-refractivity contribution >= 4 is 44.1 Å². The molecule has 2 N–H and O–H groups in total. The van der Waals surface area contributed by atoms with Crippen LogP contribution in [0.15, 0.2) is 28.9 Å². The number of nitrogens with zero attached hydrogens (tertiary/aromatic N) is 1. The molecule has 2 heterocycles. The minimum Gasteiger partial charge on any atom is -0.382 e. The van der Waals surface area contributed by atoms with Crippen molar-refractivity contribution in [2.24, 2.45) is 5.41 Å². The molecule has 1 amide bonds. The number of aromatic nitrogens is 1. The summed E-state index contributed by atoms with van der Waals surface area (Å²) in [6.45, 7) is 10.1. The van der Waals surface area contributed by atoms with Gasteiger partial charge in [-0.2, -0.15) is 0 Å². The maximum absolute atomic E-state index is 12.2. The molecule has 2 aromatic rings. The summed E-state index contributed by atoms with van der Waals surface area (Å²) in [5.74, 6) is -0.779. The lowest BCUT2D eigenvalue weighted by atomic mass is 9.91. The quantitative estimate of drug-likeness (QED) is 0.638. The number of hydrogen-bond acceptors (Lipinski definition) is 6.